The lowest BCUT2D eigenvalue weighted by Crippen LogP contribution is -2.42. The smallest absolute Gasteiger partial charge is 0.274 e. The number of hydrogen-bond acceptors (Lipinski definition) is 4. The maximum absolute atomic E-state index is 12.3. The number of nitrogens with two attached hydrogens (primary N) is 1. The van der Waals surface area contributed by atoms with Gasteiger partial charge in [0, 0.05) is 13.1 Å². The van der Waals surface area contributed by atoms with Crippen molar-refractivity contribution in [1.29, 1.82) is 0 Å². The molecule has 0 unspecified atom stereocenters. The Bertz CT molecular complexity index is 455. The van der Waals surface area contributed by atoms with E-state index in [1.807, 2.05) is 4.90 Å². The predicted octanol–water partition coefficient (Wildman–Crippen LogP) is 1.86. The molecule has 1 spiro atoms. The highest BCUT2D eigenvalue weighted by atomic mass is 16.2. The quantitative estimate of drug-likeness (QED) is 0.836. The monoisotopic (exact) mass is 260 g/mol. The van der Waals surface area contributed by atoms with E-state index < -0.39 is 0 Å². The highest BCUT2D eigenvalue weighted by Gasteiger charge is 2.38. The molecule has 1 saturated heterocycles. The van der Waals surface area contributed by atoms with Crippen LogP contribution in [0.1, 0.15) is 49.0 Å². The first-order valence-corrected chi connectivity index (χ1v) is 7.07. The number of piperidine rings is 1. The molecule has 0 bridgehead atoms. The number of anilines is 1. The molecule has 0 radical (unpaired) electrons. The second kappa shape index (κ2) is 4.79. The van der Waals surface area contributed by atoms with Gasteiger partial charge in [0.1, 0.15) is 5.82 Å². The molecule has 1 aromatic rings. The van der Waals surface area contributed by atoms with Gasteiger partial charge in [-0.15, -0.1) is 10.2 Å². The molecular formula is C14H20N4O. The van der Waals surface area contributed by atoms with Crippen LogP contribution in [0, 0.1) is 5.41 Å². The van der Waals surface area contributed by atoms with Crippen LogP contribution in [0.2, 0.25) is 0 Å². The summed E-state index contributed by atoms with van der Waals surface area (Å²) in [5.74, 6) is 0.334. The van der Waals surface area contributed by atoms with Gasteiger partial charge < -0.3 is 10.6 Å². The molecule has 0 aromatic carbocycles. The summed E-state index contributed by atoms with van der Waals surface area (Å²) in [5.41, 5.74) is 6.42. The van der Waals surface area contributed by atoms with Gasteiger partial charge >= 0.3 is 0 Å². The van der Waals surface area contributed by atoms with E-state index in [0.29, 0.717) is 16.9 Å². The molecule has 2 N–H and O–H groups in total. The molecule has 2 fully saturated rings. The number of nitrogens with zero attached hydrogens (tertiary/aromatic N) is 3. The maximum atomic E-state index is 12.3. The van der Waals surface area contributed by atoms with E-state index in [4.69, 9.17) is 5.73 Å². The Balaban J connectivity index is 1.64. The zero-order chi connectivity index (χ0) is 13.3. The standard InChI is InChI=1S/C14H20N4O/c15-12-4-3-11(16-17-12)13(19)18-9-7-14(8-10-18)5-1-2-6-14/h3-4H,1-2,5-10H2,(H2,15,17). The van der Waals surface area contributed by atoms with Crippen molar-refractivity contribution in [1.82, 2.24) is 15.1 Å². The molecule has 1 aliphatic heterocycles. The van der Waals surface area contributed by atoms with Gasteiger partial charge in [0.05, 0.1) is 0 Å². The van der Waals surface area contributed by atoms with Gasteiger partial charge in [-0.25, -0.2) is 0 Å². The van der Waals surface area contributed by atoms with E-state index in [2.05, 4.69) is 10.2 Å². The number of carbonyl (C=O) groups is 1. The van der Waals surface area contributed by atoms with Crippen LogP contribution in [0.4, 0.5) is 5.82 Å². The molecule has 2 heterocycles. The highest BCUT2D eigenvalue weighted by Crippen LogP contribution is 2.46. The van der Waals surface area contributed by atoms with Crippen molar-refractivity contribution in [3.63, 3.8) is 0 Å². The first-order chi connectivity index (χ1) is 9.19. The van der Waals surface area contributed by atoms with Gasteiger partial charge in [0.2, 0.25) is 0 Å². The van der Waals surface area contributed by atoms with Crippen molar-refractivity contribution >= 4 is 11.7 Å². The minimum absolute atomic E-state index is 0.0136. The minimum atomic E-state index is -0.0136. The Kier molecular flexibility index (Phi) is 3.12. The molecule has 3 rings (SSSR count). The first-order valence-electron chi connectivity index (χ1n) is 7.07. The third-order valence-corrected chi connectivity index (χ3v) is 4.68. The van der Waals surface area contributed by atoms with Crippen molar-refractivity contribution in [2.75, 3.05) is 18.8 Å². The average Bonchev–Trinajstić information content (AvgIpc) is 2.88. The van der Waals surface area contributed by atoms with E-state index in [9.17, 15) is 4.79 Å². The summed E-state index contributed by atoms with van der Waals surface area (Å²) in [6.07, 6.45) is 7.68. The fourth-order valence-corrected chi connectivity index (χ4v) is 3.43. The normalized spacial score (nSPS) is 21.8. The van der Waals surface area contributed by atoms with Gasteiger partial charge in [-0.3, -0.25) is 4.79 Å². The van der Waals surface area contributed by atoms with Gasteiger partial charge in [0.25, 0.3) is 5.91 Å². The number of hydrogen-bond donors (Lipinski definition) is 1. The molecule has 5 nitrogen and oxygen atoms in total. The Morgan fingerprint density at radius 1 is 1.11 bits per heavy atom. The number of amides is 1. The number of rotatable bonds is 1. The van der Waals surface area contributed by atoms with Crippen LogP contribution in [-0.4, -0.2) is 34.1 Å². The van der Waals surface area contributed by atoms with E-state index in [0.717, 1.165) is 25.9 Å². The second-order valence-electron chi connectivity index (χ2n) is 5.84. The summed E-state index contributed by atoms with van der Waals surface area (Å²) in [7, 11) is 0. The topological polar surface area (TPSA) is 72.1 Å². The number of nitrogen functional groups attached to an aromatic ring is 1. The summed E-state index contributed by atoms with van der Waals surface area (Å²) < 4.78 is 0. The largest absolute Gasteiger partial charge is 0.382 e. The molecule has 1 amide bonds. The number of carbonyl (C=O) groups excluding carboxylic acids is 1. The lowest BCUT2D eigenvalue weighted by atomic mass is 9.77. The van der Waals surface area contributed by atoms with Crippen LogP contribution in [0.25, 0.3) is 0 Å². The molecule has 1 aliphatic carbocycles. The molecule has 102 valence electrons. The molecular weight excluding hydrogens is 240 g/mol. The zero-order valence-electron chi connectivity index (χ0n) is 11.1. The van der Waals surface area contributed by atoms with Crippen LogP contribution in [0.15, 0.2) is 12.1 Å². The van der Waals surface area contributed by atoms with Crippen LogP contribution in [-0.2, 0) is 0 Å². The molecule has 19 heavy (non-hydrogen) atoms. The zero-order valence-corrected chi connectivity index (χ0v) is 11.1. The molecule has 5 heteroatoms. The van der Waals surface area contributed by atoms with Crippen molar-refractivity contribution in [2.24, 2.45) is 5.41 Å². The van der Waals surface area contributed by atoms with Crippen molar-refractivity contribution in [3.05, 3.63) is 17.8 Å². The second-order valence-corrected chi connectivity index (χ2v) is 5.84. The van der Waals surface area contributed by atoms with E-state index in [-0.39, 0.29) is 5.91 Å². The summed E-state index contributed by atoms with van der Waals surface area (Å²) in [6.45, 7) is 1.70. The van der Waals surface area contributed by atoms with E-state index in [1.165, 1.54) is 25.7 Å². The van der Waals surface area contributed by atoms with E-state index in [1.54, 1.807) is 12.1 Å². The van der Waals surface area contributed by atoms with Gasteiger partial charge in [-0.05, 0) is 43.2 Å². The number of aromatic nitrogens is 2. The summed E-state index contributed by atoms with van der Waals surface area (Å²) in [5, 5.41) is 7.62. The Hall–Kier alpha value is -1.65. The van der Waals surface area contributed by atoms with Crippen molar-refractivity contribution in [2.45, 2.75) is 38.5 Å². The number of likely N-dealkylation sites (tertiary alicyclic amines) is 1. The molecule has 2 aliphatic rings. The molecule has 1 aromatic heterocycles. The van der Waals surface area contributed by atoms with Crippen LogP contribution in [0.3, 0.4) is 0 Å². The lowest BCUT2D eigenvalue weighted by Gasteiger charge is -2.39. The van der Waals surface area contributed by atoms with Gasteiger partial charge in [-0.1, -0.05) is 12.8 Å². The fraction of sp³-hybridized carbons (Fsp3) is 0.643. The molecule has 1 saturated carbocycles. The third kappa shape index (κ3) is 2.41. The Morgan fingerprint density at radius 3 is 2.37 bits per heavy atom. The summed E-state index contributed by atoms with van der Waals surface area (Å²) >= 11 is 0. The van der Waals surface area contributed by atoms with Gasteiger partial charge in [0.15, 0.2) is 5.69 Å². The SMILES string of the molecule is Nc1ccc(C(=O)N2CCC3(CCCC3)CC2)nn1. The third-order valence-electron chi connectivity index (χ3n) is 4.68. The minimum Gasteiger partial charge on any atom is -0.382 e. The Labute approximate surface area is 113 Å². The predicted molar refractivity (Wildman–Crippen MR) is 72.5 cm³/mol. The average molecular weight is 260 g/mol. The lowest BCUT2D eigenvalue weighted by molar-refractivity contribution is 0.0581. The highest BCUT2D eigenvalue weighted by molar-refractivity contribution is 5.92. The Morgan fingerprint density at radius 2 is 1.79 bits per heavy atom. The van der Waals surface area contributed by atoms with Crippen LogP contribution in [0.5, 0.6) is 0 Å². The summed E-state index contributed by atoms with van der Waals surface area (Å²) in [6, 6.07) is 3.28. The summed E-state index contributed by atoms with van der Waals surface area (Å²) in [4.78, 5) is 14.2. The van der Waals surface area contributed by atoms with Crippen LogP contribution < -0.4 is 5.73 Å². The van der Waals surface area contributed by atoms with Crippen molar-refractivity contribution in [3.8, 4) is 0 Å². The van der Waals surface area contributed by atoms with Crippen LogP contribution >= 0.6 is 0 Å². The van der Waals surface area contributed by atoms with Gasteiger partial charge in [-0.2, -0.15) is 0 Å². The van der Waals surface area contributed by atoms with Crippen molar-refractivity contribution < 1.29 is 4.79 Å². The fourth-order valence-electron chi connectivity index (χ4n) is 3.43. The first kappa shape index (κ1) is 12.4. The van der Waals surface area contributed by atoms with E-state index >= 15 is 0 Å². The molecule has 0 atom stereocenters. The maximum Gasteiger partial charge on any atom is 0.274 e.